The number of hydrogen-bond donors (Lipinski definition) is 1. The molecule has 103 valence electrons. The Morgan fingerprint density at radius 1 is 1.43 bits per heavy atom. The summed E-state index contributed by atoms with van der Waals surface area (Å²) in [5.41, 5.74) is 9.34. The number of primary amides is 1. The minimum Gasteiger partial charge on any atom is -0.364 e. The van der Waals surface area contributed by atoms with Crippen LogP contribution in [0.25, 0.3) is 28.2 Å². The fraction of sp³-hybridized carbons (Fsp3) is 0.0588. The summed E-state index contributed by atoms with van der Waals surface area (Å²) in [5, 5.41) is 1.13. The number of hydrogen-bond acceptors (Lipinski definition) is 2. The van der Waals surface area contributed by atoms with Crippen molar-refractivity contribution in [2.75, 3.05) is 0 Å². The lowest BCUT2D eigenvalue weighted by atomic mass is 10.1. The van der Waals surface area contributed by atoms with E-state index in [-0.39, 0.29) is 5.69 Å². The average Bonchev–Trinajstić information content (AvgIpc) is 2.80. The molecule has 0 aliphatic rings. The quantitative estimate of drug-likeness (QED) is 0.799. The Hall–Kier alpha value is -2.88. The van der Waals surface area contributed by atoms with Gasteiger partial charge in [0.2, 0.25) is 0 Å². The predicted molar refractivity (Wildman–Crippen MR) is 83.6 cm³/mol. The third-order valence-corrected chi connectivity index (χ3v) is 3.55. The van der Waals surface area contributed by atoms with Crippen LogP contribution in [0.2, 0.25) is 0 Å². The minimum atomic E-state index is -0.581. The van der Waals surface area contributed by atoms with Gasteiger partial charge in [-0.2, -0.15) is 0 Å². The van der Waals surface area contributed by atoms with Crippen molar-refractivity contribution >= 4 is 22.9 Å². The minimum absolute atomic E-state index is 0.137. The lowest BCUT2D eigenvalue weighted by Gasteiger charge is -2.06. The highest BCUT2D eigenvalue weighted by Gasteiger charge is 2.15. The van der Waals surface area contributed by atoms with Gasteiger partial charge in [-0.05, 0) is 12.1 Å². The smallest absolute Gasteiger partial charge is 0.267 e. The lowest BCUT2D eigenvalue weighted by molar-refractivity contribution is 0.0995. The molecular weight excluding hydrogens is 262 g/mol. The van der Waals surface area contributed by atoms with Gasteiger partial charge in [-0.1, -0.05) is 30.9 Å². The van der Waals surface area contributed by atoms with Crippen molar-refractivity contribution < 1.29 is 4.79 Å². The molecule has 0 bridgehead atoms. The molecule has 3 rings (SSSR count). The Morgan fingerprint density at radius 3 is 2.81 bits per heavy atom. The van der Waals surface area contributed by atoms with Gasteiger partial charge in [-0.3, -0.25) is 4.79 Å². The zero-order valence-corrected chi connectivity index (χ0v) is 11.6. The maximum Gasteiger partial charge on any atom is 0.267 e. The van der Waals surface area contributed by atoms with Crippen LogP contribution < -0.4 is 5.73 Å². The second-order valence-corrected chi connectivity index (χ2v) is 4.76. The van der Waals surface area contributed by atoms with E-state index in [1.54, 1.807) is 12.3 Å². The van der Waals surface area contributed by atoms with E-state index in [4.69, 9.17) is 5.73 Å². The molecule has 2 aromatic heterocycles. The number of fused-ring (bicyclic) bond motifs is 1. The Balaban J connectivity index is 2.26. The lowest BCUT2D eigenvalue weighted by Crippen LogP contribution is -2.12. The van der Waals surface area contributed by atoms with Crippen molar-refractivity contribution in [1.29, 1.82) is 0 Å². The number of pyridine rings is 1. The average molecular weight is 276 g/mol. The molecule has 0 unspecified atom stereocenters. The van der Waals surface area contributed by atoms with Crippen LogP contribution in [-0.2, 0) is 7.05 Å². The summed E-state index contributed by atoms with van der Waals surface area (Å²) in [6, 6.07) is 12.7. The van der Waals surface area contributed by atoms with Crippen molar-refractivity contribution in [3.8, 4) is 11.3 Å². The second-order valence-electron chi connectivity index (χ2n) is 4.76. The van der Waals surface area contributed by atoms with E-state index in [1.807, 2.05) is 25.3 Å². The molecule has 0 aliphatic carbocycles. The Kier molecular flexibility index (Phi) is 3.06. The van der Waals surface area contributed by atoms with Crippen molar-refractivity contribution in [3.63, 3.8) is 0 Å². The topological polar surface area (TPSA) is 60.9 Å². The molecule has 4 heteroatoms. The highest BCUT2D eigenvalue weighted by Crippen LogP contribution is 2.33. The molecule has 2 heterocycles. The standard InChI is InChI=1S/C17H14N3O/c1-3-12-13-6-4-5-7-15(13)20(2)16(12)11-8-9-14(17(18)21)19-10-11/h3-8,10H,1H2,2H3,(H2,18,21). The van der Waals surface area contributed by atoms with E-state index in [9.17, 15) is 4.79 Å². The van der Waals surface area contributed by atoms with E-state index in [0.717, 1.165) is 27.7 Å². The number of amides is 1. The molecule has 3 aromatic rings. The van der Waals surface area contributed by atoms with Gasteiger partial charge in [0, 0.05) is 41.3 Å². The van der Waals surface area contributed by atoms with Gasteiger partial charge in [-0.25, -0.2) is 4.98 Å². The van der Waals surface area contributed by atoms with Gasteiger partial charge in [0.15, 0.2) is 0 Å². The van der Waals surface area contributed by atoms with Gasteiger partial charge < -0.3 is 10.3 Å². The highest BCUT2D eigenvalue weighted by atomic mass is 16.1. The largest absolute Gasteiger partial charge is 0.364 e. The Morgan fingerprint density at radius 2 is 2.19 bits per heavy atom. The van der Waals surface area contributed by atoms with Crippen molar-refractivity contribution in [3.05, 3.63) is 60.4 Å². The molecule has 0 atom stereocenters. The zero-order chi connectivity index (χ0) is 15.0. The van der Waals surface area contributed by atoms with E-state index in [2.05, 4.69) is 34.3 Å². The van der Waals surface area contributed by atoms with Gasteiger partial charge >= 0.3 is 0 Å². The van der Waals surface area contributed by atoms with Gasteiger partial charge in [0.05, 0.1) is 5.69 Å². The second kappa shape index (κ2) is 4.90. The van der Waals surface area contributed by atoms with E-state index in [1.165, 1.54) is 0 Å². The number of nitrogens with two attached hydrogens (primary N) is 1. The van der Waals surface area contributed by atoms with E-state index < -0.39 is 5.91 Å². The summed E-state index contributed by atoms with van der Waals surface area (Å²) >= 11 is 0. The summed E-state index contributed by atoms with van der Waals surface area (Å²) in [6.07, 6.45) is 3.47. The summed E-state index contributed by atoms with van der Waals surface area (Å²) in [5.74, 6) is -0.581. The molecule has 1 amide bonds. The molecule has 0 saturated heterocycles. The summed E-state index contributed by atoms with van der Waals surface area (Å²) in [7, 11) is 1.99. The molecule has 2 N–H and O–H groups in total. The molecular formula is C17H14N3O. The molecule has 0 spiro atoms. The molecule has 1 radical (unpaired) electrons. The number of para-hydroxylation sites is 1. The van der Waals surface area contributed by atoms with Crippen LogP contribution in [0.1, 0.15) is 16.1 Å². The summed E-state index contributed by atoms with van der Waals surface area (Å²) < 4.78 is 2.08. The van der Waals surface area contributed by atoms with Gasteiger partial charge in [-0.15, -0.1) is 0 Å². The molecule has 0 fully saturated rings. The first-order chi connectivity index (χ1) is 10.1. The molecule has 4 nitrogen and oxygen atoms in total. The monoisotopic (exact) mass is 276 g/mol. The van der Waals surface area contributed by atoms with Gasteiger partial charge in [0.25, 0.3) is 5.91 Å². The number of rotatable bonds is 3. The van der Waals surface area contributed by atoms with E-state index in [0.29, 0.717) is 0 Å². The summed E-state index contributed by atoms with van der Waals surface area (Å²) in [6.45, 7) is 3.91. The fourth-order valence-corrected chi connectivity index (χ4v) is 2.60. The maximum atomic E-state index is 11.1. The fourth-order valence-electron chi connectivity index (χ4n) is 2.60. The first-order valence-corrected chi connectivity index (χ1v) is 6.51. The van der Waals surface area contributed by atoms with Gasteiger partial charge in [0.1, 0.15) is 5.69 Å². The van der Waals surface area contributed by atoms with Crippen LogP contribution in [0, 0.1) is 6.07 Å². The first-order valence-electron chi connectivity index (χ1n) is 6.51. The van der Waals surface area contributed by atoms with E-state index >= 15 is 0 Å². The molecule has 0 saturated carbocycles. The number of aryl methyl sites for hydroxylation is 1. The third kappa shape index (κ3) is 2.01. The number of aromatic nitrogens is 2. The van der Waals surface area contributed by atoms with Crippen molar-refractivity contribution in [1.82, 2.24) is 9.55 Å². The molecule has 1 aromatic carbocycles. The number of carbonyl (C=O) groups excluding carboxylic acids is 1. The number of benzene rings is 1. The predicted octanol–water partition coefficient (Wildman–Crippen LogP) is 2.78. The Bertz CT molecular complexity index is 844. The molecule has 21 heavy (non-hydrogen) atoms. The first kappa shape index (κ1) is 13.1. The maximum absolute atomic E-state index is 11.1. The SMILES string of the molecule is C=Cc1c(-c2c[c]c(C(N)=O)nc2)n(C)c2ccccc12. The number of nitrogens with zero attached hydrogens (tertiary/aromatic N) is 2. The van der Waals surface area contributed by atoms with Crippen molar-refractivity contribution in [2.45, 2.75) is 0 Å². The van der Waals surface area contributed by atoms with Crippen LogP contribution in [0.15, 0.2) is 43.1 Å². The van der Waals surface area contributed by atoms with Crippen LogP contribution in [0.4, 0.5) is 0 Å². The van der Waals surface area contributed by atoms with Crippen LogP contribution in [0.3, 0.4) is 0 Å². The van der Waals surface area contributed by atoms with Crippen molar-refractivity contribution in [2.24, 2.45) is 12.8 Å². The van der Waals surface area contributed by atoms with Crippen LogP contribution >= 0.6 is 0 Å². The Labute approximate surface area is 122 Å². The zero-order valence-electron chi connectivity index (χ0n) is 11.6. The molecule has 0 aliphatic heterocycles. The van der Waals surface area contributed by atoms with Crippen LogP contribution in [-0.4, -0.2) is 15.5 Å². The summed E-state index contributed by atoms with van der Waals surface area (Å²) in [4.78, 5) is 15.2. The number of carbonyl (C=O) groups is 1. The highest BCUT2D eigenvalue weighted by molar-refractivity contribution is 5.97. The van der Waals surface area contributed by atoms with Crippen LogP contribution in [0.5, 0.6) is 0 Å². The normalized spacial score (nSPS) is 10.7. The third-order valence-electron chi connectivity index (χ3n) is 3.55.